The van der Waals surface area contributed by atoms with E-state index in [-0.39, 0.29) is 0 Å². The number of nitrogens with two attached hydrogens (primary N) is 1. The highest BCUT2D eigenvalue weighted by molar-refractivity contribution is 5.64. The normalized spacial score (nSPS) is 10.8. The zero-order valence-electron chi connectivity index (χ0n) is 10.6. The molecule has 2 aromatic heterocycles. The number of hydrogen-bond donors (Lipinski definition) is 1. The summed E-state index contributed by atoms with van der Waals surface area (Å²) in [4.78, 5) is 4.33. The van der Waals surface area contributed by atoms with Crippen LogP contribution in [0.5, 0.6) is 5.75 Å². The molecular formula is C14H14N4O. The van der Waals surface area contributed by atoms with Crippen molar-refractivity contribution in [2.75, 3.05) is 12.3 Å². The summed E-state index contributed by atoms with van der Waals surface area (Å²) in [6.07, 6.45) is 3.72. The number of fused-ring (bicyclic) bond motifs is 1. The largest absolute Gasteiger partial charge is 0.494 e. The highest BCUT2D eigenvalue weighted by Gasteiger charge is 2.03. The maximum absolute atomic E-state index is 5.64. The van der Waals surface area contributed by atoms with Crippen molar-refractivity contribution in [1.29, 1.82) is 0 Å². The van der Waals surface area contributed by atoms with Crippen LogP contribution in [0.15, 0.2) is 42.7 Å². The smallest absolute Gasteiger partial charge is 0.157 e. The molecule has 3 aromatic rings. The lowest BCUT2D eigenvalue weighted by Gasteiger charge is -2.05. The maximum Gasteiger partial charge on any atom is 0.157 e. The number of hydrogen-bond acceptors (Lipinski definition) is 4. The minimum Gasteiger partial charge on any atom is -0.494 e. The summed E-state index contributed by atoms with van der Waals surface area (Å²) < 4.78 is 7.10. The van der Waals surface area contributed by atoms with Gasteiger partial charge in [-0.05, 0) is 24.6 Å². The second-order valence-electron chi connectivity index (χ2n) is 4.17. The Morgan fingerprint density at radius 2 is 2.00 bits per heavy atom. The Bertz CT molecular complexity index is 703. The Morgan fingerprint density at radius 1 is 1.21 bits per heavy atom. The second-order valence-corrected chi connectivity index (χ2v) is 4.17. The molecule has 0 amide bonds. The lowest BCUT2D eigenvalue weighted by molar-refractivity contribution is 0.340. The van der Waals surface area contributed by atoms with Gasteiger partial charge in [-0.15, -0.1) is 5.10 Å². The first kappa shape index (κ1) is 11.5. The van der Waals surface area contributed by atoms with Crippen LogP contribution in [-0.4, -0.2) is 21.2 Å². The third-order valence-electron chi connectivity index (χ3n) is 2.83. The minimum absolute atomic E-state index is 0.469. The van der Waals surface area contributed by atoms with E-state index in [1.165, 1.54) is 0 Å². The average molecular weight is 254 g/mol. The molecule has 0 aliphatic rings. The van der Waals surface area contributed by atoms with Crippen molar-refractivity contribution in [2.45, 2.75) is 6.92 Å². The molecule has 19 heavy (non-hydrogen) atoms. The first-order valence-electron chi connectivity index (χ1n) is 6.10. The van der Waals surface area contributed by atoms with Crippen molar-refractivity contribution < 1.29 is 4.74 Å². The number of rotatable bonds is 3. The molecular weight excluding hydrogens is 240 g/mol. The number of aromatic nitrogens is 3. The van der Waals surface area contributed by atoms with Crippen molar-refractivity contribution in [3.05, 3.63) is 42.7 Å². The molecule has 0 unspecified atom stereocenters. The first-order chi connectivity index (χ1) is 9.26. The third-order valence-corrected chi connectivity index (χ3v) is 2.83. The van der Waals surface area contributed by atoms with E-state index in [1.807, 2.05) is 43.6 Å². The van der Waals surface area contributed by atoms with E-state index in [1.54, 1.807) is 10.6 Å². The molecule has 5 heteroatoms. The highest BCUT2D eigenvalue weighted by Crippen LogP contribution is 2.22. The van der Waals surface area contributed by atoms with Crippen molar-refractivity contribution in [1.82, 2.24) is 14.6 Å². The molecule has 2 N–H and O–H groups in total. The van der Waals surface area contributed by atoms with Gasteiger partial charge in [0.25, 0.3) is 0 Å². The van der Waals surface area contributed by atoms with Crippen molar-refractivity contribution in [3.8, 4) is 16.9 Å². The SMILES string of the molecule is CCOc1ccc(-c2cnc3cc(N)nn3c2)cc1. The van der Waals surface area contributed by atoms with Gasteiger partial charge >= 0.3 is 0 Å². The number of ether oxygens (including phenoxy) is 1. The van der Waals surface area contributed by atoms with Gasteiger partial charge in [0.1, 0.15) is 11.6 Å². The molecule has 0 fully saturated rings. The van der Waals surface area contributed by atoms with Crippen LogP contribution in [0.1, 0.15) is 6.92 Å². The molecule has 0 atom stereocenters. The van der Waals surface area contributed by atoms with Gasteiger partial charge in [-0.1, -0.05) is 12.1 Å². The fourth-order valence-electron chi connectivity index (χ4n) is 1.95. The van der Waals surface area contributed by atoms with Crippen LogP contribution in [-0.2, 0) is 0 Å². The summed E-state index contributed by atoms with van der Waals surface area (Å²) in [5.41, 5.74) is 8.43. The van der Waals surface area contributed by atoms with Crippen LogP contribution < -0.4 is 10.5 Å². The van der Waals surface area contributed by atoms with E-state index in [4.69, 9.17) is 10.5 Å². The maximum atomic E-state index is 5.64. The van der Waals surface area contributed by atoms with Crippen LogP contribution in [0.25, 0.3) is 16.8 Å². The second kappa shape index (κ2) is 4.61. The molecule has 0 aliphatic carbocycles. The Balaban J connectivity index is 1.98. The van der Waals surface area contributed by atoms with Crippen molar-refractivity contribution in [2.24, 2.45) is 0 Å². The third kappa shape index (κ3) is 2.22. The molecule has 3 rings (SSSR count). The summed E-state index contributed by atoms with van der Waals surface area (Å²) in [6, 6.07) is 9.63. The van der Waals surface area contributed by atoms with Gasteiger partial charge in [-0.3, -0.25) is 0 Å². The van der Waals surface area contributed by atoms with Gasteiger partial charge in [0.05, 0.1) is 6.61 Å². The minimum atomic E-state index is 0.469. The first-order valence-corrected chi connectivity index (χ1v) is 6.10. The summed E-state index contributed by atoms with van der Waals surface area (Å²) in [6.45, 7) is 2.63. The number of nitrogens with zero attached hydrogens (tertiary/aromatic N) is 3. The van der Waals surface area contributed by atoms with Gasteiger partial charge in [-0.2, -0.15) is 0 Å². The lowest BCUT2D eigenvalue weighted by atomic mass is 10.1. The fourth-order valence-corrected chi connectivity index (χ4v) is 1.95. The summed E-state index contributed by atoms with van der Waals surface area (Å²) >= 11 is 0. The standard InChI is InChI=1S/C14H14N4O/c1-2-19-12-5-3-10(4-6-12)11-8-16-14-7-13(15)17-18(14)9-11/h3-9H,2H2,1H3,(H2,15,17). The van der Waals surface area contributed by atoms with Crippen LogP contribution in [0.3, 0.4) is 0 Å². The van der Waals surface area contributed by atoms with Crippen molar-refractivity contribution >= 4 is 11.5 Å². The zero-order chi connectivity index (χ0) is 13.2. The molecule has 0 radical (unpaired) electrons. The molecule has 2 heterocycles. The van der Waals surface area contributed by atoms with E-state index in [9.17, 15) is 0 Å². The van der Waals surface area contributed by atoms with Crippen molar-refractivity contribution in [3.63, 3.8) is 0 Å². The summed E-state index contributed by atoms with van der Waals surface area (Å²) in [7, 11) is 0. The van der Waals surface area contributed by atoms with Gasteiger partial charge in [0, 0.05) is 24.0 Å². The molecule has 0 saturated heterocycles. The lowest BCUT2D eigenvalue weighted by Crippen LogP contribution is -1.93. The highest BCUT2D eigenvalue weighted by atomic mass is 16.5. The van der Waals surface area contributed by atoms with Crippen LogP contribution in [0, 0.1) is 0 Å². The Morgan fingerprint density at radius 3 is 2.74 bits per heavy atom. The molecule has 96 valence electrons. The Labute approximate surface area is 110 Å². The number of benzene rings is 1. The Kier molecular flexibility index (Phi) is 2.79. The van der Waals surface area contributed by atoms with E-state index in [0.717, 1.165) is 22.5 Å². The average Bonchev–Trinajstić information content (AvgIpc) is 2.79. The molecule has 0 saturated carbocycles. The van der Waals surface area contributed by atoms with E-state index >= 15 is 0 Å². The molecule has 0 bridgehead atoms. The molecule has 0 aliphatic heterocycles. The van der Waals surface area contributed by atoms with Gasteiger partial charge in [0.2, 0.25) is 0 Å². The van der Waals surface area contributed by atoms with Crippen LogP contribution in [0.2, 0.25) is 0 Å². The van der Waals surface area contributed by atoms with E-state index < -0.39 is 0 Å². The fraction of sp³-hybridized carbons (Fsp3) is 0.143. The molecule has 5 nitrogen and oxygen atoms in total. The topological polar surface area (TPSA) is 65.4 Å². The monoisotopic (exact) mass is 254 g/mol. The van der Waals surface area contributed by atoms with Crippen LogP contribution in [0.4, 0.5) is 5.82 Å². The number of anilines is 1. The van der Waals surface area contributed by atoms with Gasteiger partial charge < -0.3 is 10.5 Å². The molecule has 0 spiro atoms. The van der Waals surface area contributed by atoms with Gasteiger partial charge in [0.15, 0.2) is 5.65 Å². The number of nitrogen functional groups attached to an aromatic ring is 1. The summed E-state index contributed by atoms with van der Waals surface area (Å²) in [5.74, 6) is 1.33. The van der Waals surface area contributed by atoms with Crippen LogP contribution >= 0.6 is 0 Å². The summed E-state index contributed by atoms with van der Waals surface area (Å²) in [5, 5.41) is 4.15. The van der Waals surface area contributed by atoms with E-state index in [2.05, 4.69) is 10.1 Å². The van der Waals surface area contributed by atoms with E-state index in [0.29, 0.717) is 12.4 Å². The Hall–Kier alpha value is -2.56. The predicted molar refractivity (Wildman–Crippen MR) is 74.0 cm³/mol. The van der Waals surface area contributed by atoms with Gasteiger partial charge in [-0.25, -0.2) is 9.50 Å². The predicted octanol–water partition coefficient (Wildman–Crippen LogP) is 2.38. The zero-order valence-corrected chi connectivity index (χ0v) is 10.6. The quantitative estimate of drug-likeness (QED) is 0.779. The molecule has 1 aromatic carbocycles.